The van der Waals surface area contributed by atoms with Gasteiger partial charge in [-0.15, -0.1) is 0 Å². The molecule has 0 radical (unpaired) electrons. The average molecular weight is 262 g/mol. The summed E-state index contributed by atoms with van der Waals surface area (Å²) >= 11 is 0. The van der Waals surface area contributed by atoms with Crippen molar-refractivity contribution >= 4 is 19.2 Å². The molecule has 0 bridgehead atoms. The normalized spacial score (nSPS) is 13.6. The predicted octanol–water partition coefficient (Wildman–Crippen LogP) is 3.11. The Bertz CT molecular complexity index is 410. The van der Waals surface area contributed by atoms with Crippen LogP contribution in [0.5, 0.6) is 0 Å². The van der Waals surface area contributed by atoms with Gasteiger partial charge in [0.15, 0.2) is 0 Å². The quantitative estimate of drug-likeness (QED) is 0.463. The Hall–Kier alpha value is -1.35. The van der Waals surface area contributed by atoms with Crippen LogP contribution >= 0.6 is 0 Å². The summed E-state index contributed by atoms with van der Waals surface area (Å²) in [5.74, 6) is -0.130. The lowest BCUT2D eigenvalue weighted by Gasteiger charge is -2.30. The minimum Gasteiger partial charge on any atom is -0.469 e. The molecule has 0 heterocycles. The summed E-state index contributed by atoms with van der Waals surface area (Å²) in [6, 6.07) is 10.5. The van der Waals surface area contributed by atoms with Gasteiger partial charge in [0.2, 0.25) is 0 Å². The van der Waals surface area contributed by atoms with Crippen LogP contribution in [-0.2, 0) is 9.53 Å². The van der Waals surface area contributed by atoms with Gasteiger partial charge in [0.25, 0.3) is 0 Å². The Morgan fingerprint density at radius 1 is 1.33 bits per heavy atom. The van der Waals surface area contributed by atoms with Gasteiger partial charge in [-0.2, -0.15) is 0 Å². The maximum atomic E-state index is 11.5. The number of hydrogen-bond donors (Lipinski definition) is 0. The molecule has 0 amide bonds. The summed E-state index contributed by atoms with van der Waals surface area (Å²) in [5, 5.41) is 1.37. The average Bonchev–Trinajstić information content (AvgIpc) is 2.39. The van der Waals surface area contributed by atoms with Gasteiger partial charge >= 0.3 is 5.97 Å². The second kappa shape index (κ2) is 6.54. The van der Waals surface area contributed by atoms with Crippen LogP contribution in [0.25, 0.3) is 0 Å². The SMILES string of the molecule is CC=C[C@H](CC(=O)OC)[Si](C)(C)c1ccccc1. The number of carbonyl (C=O) groups excluding carboxylic acids is 1. The zero-order valence-corrected chi connectivity index (χ0v) is 12.6. The van der Waals surface area contributed by atoms with Crippen LogP contribution in [0, 0.1) is 0 Å². The number of esters is 1. The van der Waals surface area contributed by atoms with E-state index in [4.69, 9.17) is 4.74 Å². The summed E-state index contributed by atoms with van der Waals surface area (Å²) in [5.41, 5.74) is 0.275. The standard InChI is InChI=1S/C15H22O2Si/c1-5-9-14(12-15(16)17-2)18(3,4)13-10-7-6-8-11-13/h5-11,14H,12H2,1-4H3/t14-/m1/s1. The Labute approximate surface area is 111 Å². The Balaban J connectivity index is 3.00. The smallest absolute Gasteiger partial charge is 0.305 e. The maximum absolute atomic E-state index is 11.5. The van der Waals surface area contributed by atoms with Crippen LogP contribution in [0.4, 0.5) is 0 Å². The molecule has 3 heteroatoms. The van der Waals surface area contributed by atoms with E-state index in [0.717, 1.165) is 0 Å². The lowest BCUT2D eigenvalue weighted by molar-refractivity contribution is -0.140. The van der Waals surface area contributed by atoms with Crippen LogP contribution in [0.3, 0.4) is 0 Å². The first kappa shape index (κ1) is 14.7. The highest BCUT2D eigenvalue weighted by Gasteiger charge is 2.33. The highest BCUT2D eigenvalue weighted by Crippen LogP contribution is 2.27. The molecule has 1 aromatic carbocycles. The van der Waals surface area contributed by atoms with E-state index in [1.807, 2.05) is 19.1 Å². The number of hydrogen-bond acceptors (Lipinski definition) is 2. The van der Waals surface area contributed by atoms with Crippen LogP contribution in [0.2, 0.25) is 18.6 Å². The largest absolute Gasteiger partial charge is 0.469 e. The molecule has 0 unspecified atom stereocenters. The molecule has 18 heavy (non-hydrogen) atoms. The number of benzene rings is 1. The molecule has 0 spiro atoms. The van der Waals surface area contributed by atoms with Crippen LogP contribution in [0.1, 0.15) is 13.3 Å². The summed E-state index contributed by atoms with van der Waals surface area (Å²) in [6.07, 6.45) is 4.65. The van der Waals surface area contributed by atoms with Crippen LogP contribution < -0.4 is 5.19 Å². The fourth-order valence-electron chi connectivity index (χ4n) is 2.14. The van der Waals surface area contributed by atoms with Gasteiger partial charge in [0.1, 0.15) is 0 Å². The molecule has 0 aliphatic rings. The predicted molar refractivity (Wildman–Crippen MR) is 78.8 cm³/mol. The minimum atomic E-state index is -1.70. The van der Waals surface area contributed by atoms with E-state index in [-0.39, 0.29) is 11.5 Å². The summed E-state index contributed by atoms with van der Waals surface area (Å²) in [7, 11) is -0.246. The third-order valence-corrected chi connectivity index (χ3v) is 7.56. The summed E-state index contributed by atoms with van der Waals surface area (Å²) in [4.78, 5) is 11.5. The molecule has 0 saturated heterocycles. The highest BCUT2D eigenvalue weighted by molar-refractivity contribution is 6.91. The molecule has 98 valence electrons. The number of carbonyl (C=O) groups is 1. The summed E-state index contributed by atoms with van der Waals surface area (Å²) < 4.78 is 4.81. The highest BCUT2D eigenvalue weighted by atomic mass is 28.3. The van der Waals surface area contributed by atoms with E-state index in [1.54, 1.807) is 0 Å². The van der Waals surface area contributed by atoms with Crippen molar-refractivity contribution < 1.29 is 9.53 Å². The molecule has 0 aliphatic heterocycles. The third-order valence-electron chi connectivity index (χ3n) is 3.48. The molecule has 2 nitrogen and oxygen atoms in total. The maximum Gasteiger partial charge on any atom is 0.305 e. The van der Waals surface area contributed by atoms with Crippen molar-refractivity contribution in [2.75, 3.05) is 7.11 Å². The molecule has 0 aromatic heterocycles. The van der Waals surface area contributed by atoms with Crippen molar-refractivity contribution in [3.63, 3.8) is 0 Å². The first-order chi connectivity index (χ1) is 8.52. The lowest BCUT2D eigenvalue weighted by Crippen LogP contribution is -2.46. The minimum absolute atomic E-state index is 0.130. The Morgan fingerprint density at radius 2 is 1.94 bits per heavy atom. The molecule has 1 rings (SSSR count). The van der Waals surface area contributed by atoms with E-state index in [9.17, 15) is 4.79 Å². The zero-order chi connectivity index (χ0) is 13.6. The second-order valence-corrected chi connectivity index (χ2v) is 9.76. The van der Waals surface area contributed by atoms with E-state index in [0.29, 0.717) is 6.42 Å². The van der Waals surface area contributed by atoms with Crippen molar-refractivity contribution in [2.45, 2.75) is 32.0 Å². The van der Waals surface area contributed by atoms with Gasteiger partial charge in [-0.3, -0.25) is 4.79 Å². The molecule has 1 aromatic rings. The monoisotopic (exact) mass is 262 g/mol. The van der Waals surface area contributed by atoms with Crippen molar-refractivity contribution in [3.8, 4) is 0 Å². The first-order valence-electron chi connectivity index (χ1n) is 6.27. The number of ether oxygens (including phenoxy) is 1. The Kier molecular flexibility index (Phi) is 5.35. The van der Waals surface area contributed by atoms with Crippen molar-refractivity contribution in [1.82, 2.24) is 0 Å². The van der Waals surface area contributed by atoms with E-state index < -0.39 is 8.07 Å². The van der Waals surface area contributed by atoms with Crippen molar-refractivity contribution in [2.24, 2.45) is 0 Å². The van der Waals surface area contributed by atoms with E-state index >= 15 is 0 Å². The molecule has 0 fully saturated rings. The third kappa shape index (κ3) is 3.57. The van der Waals surface area contributed by atoms with Gasteiger partial charge in [0.05, 0.1) is 15.2 Å². The lowest BCUT2D eigenvalue weighted by atomic mass is 10.3. The van der Waals surface area contributed by atoms with Gasteiger partial charge in [-0.05, 0) is 12.5 Å². The number of rotatable bonds is 5. The number of methoxy groups -OCH3 is 1. The number of allylic oxidation sites excluding steroid dienone is 2. The van der Waals surface area contributed by atoms with Gasteiger partial charge < -0.3 is 4.74 Å². The van der Waals surface area contributed by atoms with E-state index in [1.165, 1.54) is 12.3 Å². The van der Waals surface area contributed by atoms with Gasteiger partial charge in [-0.25, -0.2) is 0 Å². The van der Waals surface area contributed by atoms with Crippen molar-refractivity contribution in [3.05, 3.63) is 42.5 Å². The first-order valence-corrected chi connectivity index (χ1v) is 9.35. The molecule has 0 aliphatic carbocycles. The zero-order valence-electron chi connectivity index (χ0n) is 11.6. The fourth-order valence-corrected chi connectivity index (χ4v) is 4.97. The van der Waals surface area contributed by atoms with Gasteiger partial charge in [0, 0.05) is 6.42 Å². The topological polar surface area (TPSA) is 26.3 Å². The van der Waals surface area contributed by atoms with E-state index in [2.05, 4.69) is 43.4 Å². The Morgan fingerprint density at radius 3 is 2.44 bits per heavy atom. The fraction of sp³-hybridized carbons (Fsp3) is 0.400. The van der Waals surface area contributed by atoms with Crippen LogP contribution in [-0.4, -0.2) is 21.2 Å². The van der Waals surface area contributed by atoms with Gasteiger partial charge in [-0.1, -0.05) is 60.8 Å². The summed E-state index contributed by atoms with van der Waals surface area (Å²) in [6.45, 7) is 6.60. The van der Waals surface area contributed by atoms with Crippen molar-refractivity contribution in [1.29, 1.82) is 0 Å². The molecular formula is C15H22O2Si. The molecular weight excluding hydrogens is 240 g/mol. The molecule has 1 atom stereocenters. The van der Waals surface area contributed by atoms with Crippen LogP contribution in [0.15, 0.2) is 42.5 Å². The second-order valence-electron chi connectivity index (χ2n) is 5.00. The molecule has 0 N–H and O–H groups in total. The molecule has 0 saturated carbocycles.